The van der Waals surface area contributed by atoms with Crippen molar-refractivity contribution in [3.05, 3.63) is 69.8 Å². The third-order valence-electron chi connectivity index (χ3n) is 4.21. The molecule has 2 aromatic carbocycles. The molecule has 26 heavy (non-hydrogen) atoms. The van der Waals surface area contributed by atoms with Crippen LogP contribution in [-0.4, -0.2) is 30.9 Å². The van der Waals surface area contributed by atoms with Crippen LogP contribution >= 0.6 is 0 Å². The van der Waals surface area contributed by atoms with Crippen molar-refractivity contribution in [3.63, 3.8) is 0 Å². The van der Waals surface area contributed by atoms with Gasteiger partial charge in [-0.05, 0) is 74.2 Å². The molecule has 0 aliphatic heterocycles. The third kappa shape index (κ3) is 5.02. The molecule has 0 aliphatic carbocycles. The fourth-order valence-electron chi connectivity index (χ4n) is 2.24. The predicted molar refractivity (Wildman–Crippen MR) is 97.4 cm³/mol. The Bertz CT molecular complexity index is 782. The summed E-state index contributed by atoms with van der Waals surface area (Å²) in [6.07, 6.45) is 0. The molecular formula is C21H22O5. The van der Waals surface area contributed by atoms with Crippen molar-refractivity contribution in [1.29, 1.82) is 0 Å². The number of hydrogen-bond donors (Lipinski definition) is 0. The Kier molecular flexibility index (Phi) is 6.28. The van der Waals surface area contributed by atoms with Crippen molar-refractivity contribution < 1.29 is 23.9 Å². The number of esters is 2. The minimum Gasteiger partial charge on any atom is -0.454 e. The Balaban J connectivity index is 1.82. The quantitative estimate of drug-likeness (QED) is 0.743. The molecule has 0 saturated heterocycles. The molecule has 5 heteroatoms. The maximum absolute atomic E-state index is 12.0. The van der Waals surface area contributed by atoms with E-state index >= 15 is 0 Å². The van der Waals surface area contributed by atoms with Gasteiger partial charge in [0.25, 0.3) is 0 Å². The van der Waals surface area contributed by atoms with E-state index in [0.29, 0.717) is 11.1 Å². The van der Waals surface area contributed by atoms with Crippen LogP contribution in [0, 0.1) is 27.7 Å². The van der Waals surface area contributed by atoms with Gasteiger partial charge >= 0.3 is 11.9 Å². The molecule has 136 valence electrons. The molecule has 0 radical (unpaired) electrons. The van der Waals surface area contributed by atoms with Gasteiger partial charge in [-0.2, -0.15) is 0 Å². The van der Waals surface area contributed by atoms with Crippen LogP contribution in [0.2, 0.25) is 0 Å². The number of Topliss-reactive ketones (excluding diaryl/α,β-unsaturated/α-hetero) is 1. The fourth-order valence-corrected chi connectivity index (χ4v) is 2.24. The van der Waals surface area contributed by atoms with Crippen LogP contribution in [0.15, 0.2) is 36.4 Å². The van der Waals surface area contributed by atoms with Crippen molar-refractivity contribution in [2.45, 2.75) is 27.7 Å². The van der Waals surface area contributed by atoms with E-state index in [1.54, 1.807) is 24.3 Å². The molecule has 0 aromatic heterocycles. The summed E-state index contributed by atoms with van der Waals surface area (Å²) in [7, 11) is 0. The SMILES string of the molecule is Cc1ccc(C(=O)OCC(=O)COC(=O)c2ccc(C)c(C)c2)cc1C. The van der Waals surface area contributed by atoms with Crippen molar-refractivity contribution in [3.8, 4) is 0 Å². The molecule has 0 spiro atoms. The second-order valence-corrected chi connectivity index (χ2v) is 6.29. The summed E-state index contributed by atoms with van der Waals surface area (Å²) < 4.78 is 9.96. The molecule has 0 amide bonds. The summed E-state index contributed by atoms with van der Waals surface area (Å²) >= 11 is 0. The van der Waals surface area contributed by atoms with Gasteiger partial charge in [0.1, 0.15) is 0 Å². The topological polar surface area (TPSA) is 69.7 Å². The van der Waals surface area contributed by atoms with Crippen LogP contribution in [0.5, 0.6) is 0 Å². The van der Waals surface area contributed by atoms with E-state index in [-0.39, 0.29) is 0 Å². The minimum atomic E-state index is -0.582. The van der Waals surface area contributed by atoms with E-state index in [1.807, 2.05) is 39.8 Å². The highest BCUT2D eigenvalue weighted by molar-refractivity contribution is 5.94. The van der Waals surface area contributed by atoms with Crippen LogP contribution in [0.3, 0.4) is 0 Å². The second-order valence-electron chi connectivity index (χ2n) is 6.29. The lowest BCUT2D eigenvalue weighted by molar-refractivity contribution is -0.125. The number of ether oxygens (including phenoxy) is 2. The number of ketones is 1. The molecule has 0 aliphatic rings. The maximum Gasteiger partial charge on any atom is 0.338 e. The highest BCUT2D eigenvalue weighted by Crippen LogP contribution is 2.12. The standard InChI is InChI=1S/C21H22O5/c1-13-5-7-17(9-15(13)3)20(23)25-11-19(22)12-26-21(24)18-8-6-14(2)16(4)10-18/h5-10H,11-12H2,1-4H3. The molecule has 0 unspecified atom stereocenters. The zero-order chi connectivity index (χ0) is 19.3. The van der Waals surface area contributed by atoms with Crippen molar-refractivity contribution in [2.75, 3.05) is 13.2 Å². The Morgan fingerprint density at radius 1 is 0.654 bits per heavy atom. The van der Waals surface area contributed by atoms with Gasteiger partial charge in [-0.25, -0.2) is 9.59 Å². The number of carbonyl (C=O) groups is 3. The maximum atomic E-state index is 12.0. The predicted octanol–water partition coefficient (Wildman–Crippen LogP) is 3.50. The largest absolute Gasteiger partial charge is 0.454 e. The normalized spacial score (nSPS) is 10.3. The van der Waals surface area contributed by atoms with E-state index in [0.717, 1.165) is 22.3 Å². The first-order valence-corrected chi connectivity index (χ1v) is 8.28. The van der Waals surface area contributed by atoms with Crippen LogP contribution in [0.25, 0.3) is 0 Å². The third-order valence-corrected chi connectivity index (χ3v) is 4.21. The summed E-state index contributed by atoms with van der Waals surface area (Å²) in [5.41, 5.74) is 4.83. The molecular weight excluding hydrogens is 332 g/mol. The first-order chi connectivity index (χ1) is 12.3. The molecule has 0 N–H and O–H groups in total. The molecule has 5 nitrogen and oxygen atoms in total. The number of benzene rings is 2. The van der Waals surface area contributed by atoms with Gasteiger partial charge in [-0.15, -0.1) is 0 Å². The first kappa shape index (κ1) is 19.4. The van der Waals surface area contributed by atoms with Gasteiger partial charge in [0.2, 0.25) is 5.78 Å². The first-order valence-electron chi connectivity index (χ1n) is 8.28. The lowest BCUT2D eigenvalue weighted by Crippen LogP contribution is -2.20. The van der Waals surface area contributed by atoms with E-state index in [4.69, 9.17) is 9.47 Å². The van der Waals surface area contributed by atoms with Crippen molar-refractivity contribution >= 4 is 17.7 Å². The highest BCUT2D eigenvalue weighted by atomic mass is 16.6. The lowest BCUT2D eigenvalue weighted by atomic mass is 10.1. The van der Waals surface area contributed by atoms with Gasteiger partial charge in [0, 0.05) is 0 Å². The summed E-state index contributed by atoms with van der Waals surface area (Å²) in [5, 5.41) is 0. The molecule has 0 bridgehead atoms. The van der Waals surface area contributed by atoms with Gasteiger partial charge in [-0.1, -0.05) is 12.1 Å². The second kappa shape index (κ2) is 8.43. The molecule has 2 rings (SSSR count). The van der Waals surface area contributed by atoms with Crippen LogP contribution < -0.4 is 0 Å². The van der Waals surface area contributed by atoms with Gasteiger partial charge in [0.15, 0.2) is 13.2 Å². The minimum absolute atomic E-state index is 0.382. The zero-order valence-electron chi connectivity index (χ0n) is 15.4. The van der Waals surface area contributed by atoms with E-state index in [1.165, 1.54) is 0 Å². The molecule has 2 aromatic rings. The number of aryl methyl sites for hydroxylation is 4. The van der Waals surface area contributed by atoms with Crippen molar-refractivity contribution in [1.82, 2.24) is 0 Å². The van der Waals surface area contributed by atoms with Gasteiger partial charge < -0.3 is 9.47 Å². The monoisotopic (exact) mass is 354 g/mol. The van der Waals surface area contributed by atoms with Crippen LogP contribution in [0.1, 0.15) is 43.0 Å². The van der Waals surface area contributed by atoms with E-state index in [2.05, 4.69) is 0 Å². The van der Waals surface area contributed by atoms with Gasteiger partial charge in [0.05, 0.1) is 11.1 Å². The summed E-state index contributed by atoms with van der Waals surface area (Å²) in [6, 6.07) is 10.4. The van der Waals surface area contributed by atoms with Crippen molar-refractivity contribution in [2.24, 2.45) is 0 Å². The van der Waals surface area contributed by atoms with Crippen LogP contribution in [0.4, 0.5) is 0 Å². The summed E-state index contributed by atoms with van der Waals surface area (Å²) in [6.45, 7) is 6.79. The average molecular weight is 354 g/mol. The lowest BCUT2D eigenvalue weighted by Gasteiger charge is -2.08. The smallest absolute Gasteiger partial charge is 0.338 e. The number of rotatable bonds is 6. The van der Waals surface area contributed by atoms with Gasteiger partial charge in [-0.3, -0.25) is 4.79 Å². The number of carbonyl (C=O) groups excluding carboxylic acids is 3. The number of hydrogen-bond acceptors (Lipinski definition) is 5. The van der Waals surface area contributed by atoms with E-state index < -0.39 is 30.9 Å². The molecule has 0 atom stereocenters. The highest BCUT2D eigenvalue weighted by Gasteiger charge is 2.14. The van der Waals surface area contributed by atoms with Crippen LogP contribution in [-0.2, 0) is 14.3 Å². The Morgan fingerprint density at radius 2 is 1.04 bits per heavy atom. The Hall–Kier alpha value is -2.95. The molecule has 0 heterocycles. The summed E-state index contributed by atoms with van der Waals surface area (Å²) in [4.78, 5) is 35.7. The van der Waals surface area contributed by atoms with E-state index in [9.17, 15) is 14.4 Å². The molecule has 0 saturated carbocycles. The zero-order valence-corrected chi connectivity index (χ0v) is 15.4. The Labute approximate surface area is 152 Å². The average Bonchev–Trinajstić information content (AvgIpc) is 2.62. The summed E-state index contributed by atoms with van der Waals surface area (Å²) in [5.74, 6) is -1.65. The fraction of sp³-hybridized carbons (Fsp3) is 0.286. The Morgan fingerprint density at radius 3 is 1.38 bits per heavy atom. The molecule has 0 fully saturated rings.